The summed E-state index contributed by atoms with van der Waals surface area (Å²) in [5.41, 5.74) is -0.242. The van der Waals surface area contributed by atoms with Crippen LogP contribution in [-0.2, 0) is 9.59 Å². The molecule has 0 aromatic heterocycles. The molecule has 66 valence electrons. The molecule has 12 heavy (non-hydrogen) atoms. The topological polar surface area (TPSA) is 74.6 Å². The van der Waals surface area contributed by atoms with Gasteiger partial charge in [-0.25, -0.2) is 0 Å². The van der Waals surface area contributed by atoms with Crippen molar-refractivity contribution in [2.45, 2.75) is 25.9 Å². The quantitative estimate of drug-likeness (QED) is 0.548. The number of allylic oxidation sites excluding steroid dienone is 1. The van der Waals surface area contributed by atoms with Gasteiger partial charge < -0.3 is 10.2 Å². The molecule has 4 heteroatoms. The van der Waals surface area contributed by atoms with E-state index >= 15 is 0 Å². The average molecular weight is 170 g/mol. The van der Waals surface area contributed by atoms with E-state index in [1.165, 1.54) is 6.92 Å². The Bertz CT molecular complexity index is 264. The lowest BCUT2D eigenvalue weighted by Crippen LogP contribution is -2.26. The van der Waals surface area contributed by atoms with Crippen LogP contribution in [-0.4, -0.2) is 27.9 Å². The number of hydrogen-bond donors (Lipinski definition) is 2. The first-order valence-corrected chi connectivity index (χ1v) is 3.69. The molecule has 0 aromatic rings. The van der Waals surface area contributed by atoms with E-state index in [0.29, 0.717) is 0 Å². The van der Waals surface area contributed by atoms with Gasteiger partial charge in [0.15, 0.2) is 11.6 Å². The molecule has 2 N–H and O–H groups in total. The number of aliphatic hydroxyl groups is 2. The number of carbonyl (C=O) groups excluding carboxylic acids is 2. The van der Waals surface area contributed by atoms with Crippen molar-refractivity contribution in [1.29, 1.82) is 0 Å². The van der Waals surface area contributed by atoms with Crippen molar-refractivity contribution in [3.8, 4) is 0 Å². The minimum absolute atomic E-state index is 0.125. The Morgan fingerprint density at radius 1 is 1.58 bits per heavy atom. The second-order valence-electron chi connectivity index (χ2n) is 2.79. The number of ketones is 2. The number of hydrogen-bond acceptors (Lipinski definition) is 4. The highest BCUT2D eigenvalue weighted by Gasteiger charge is 2.29. The van der Waals surface area contributed by atoms with Gasteiger partial charge in [-0.1, -0.05) is 0 Å². The third-order valence-corrected chi connectivity index (χ3v) is 1.85. The van der Waals surface area contributed by atoms with Crippen molar-refractivity contribution >= 4 is 11.6 Å². The Balaban J connectivity index is 3.10. The number of Topliss-reactive ketones (excluding diaryl/α,β-unsaturated/α-hetero) is 2. The molecule has 1 atom stereocenters. The Morgan fingerprint density at radius 3 is 2.58 bits per heavy atom. The summed E-state index contributed by atoms with van der Waals surface area (Å²) in [6.45, 7) is 1.20. The third-order valence-electron chi connectivity index (χ3n) is 1.85. The zero-order valence-corrected chi connectivity index (χ0v) is 6.70. The summed E-state index contributed by atoms with van der Waals surface area (Å²) >= 11 is 0. The standard InChI is InChI=1S/C8H10O4/c1-4(9)7-5(10)2-3-6(11)8(7)12/h6,11-12H,2-3H2,1H3. The van der Waals surface area contributed by atoms with Crippen LogP contribution in [0.5, 0.6) is 0 Å². The maximum Gasteiger partial charge on any atom is 0.170 e. The molecule has 0 fully saturated rings. The Morgan fingerprint density at radius 2 is 2.17 bits per heavy atom. The van der Waals surface area contributed by atoms with Gasteiger partial charge in [-0.05, 0) is 13.3 Å². The first-order valence-electron chi connectivity index (χ1n) is 3.69. The van der Waals surface area contributed by atoms with Crippen molar-refractivity contribution in [1.82, 2.24) is 0 Å². The van der Waals surface area contributed by atoms with Gasteiger partial charge in [-0.2, -0.15) is 0 Å². The van der Waals surface area contributed by atoms with E-state index in [1.54, 1.807) is 0 Å². The smallest absolute Gasteiger partial charge is 0.170 e. The second-order valence-corrected chi connectivity index (χ2v) is 2.79. The highest BCUT2D eigenvalue weighted by molar-refractivity contribution is 6.20. The predicted molar refractivity (Wildman–Crippen MR) is 40.6 cm³/mol. The van der Waals surface area contributed by atoms with E-state index in [4.69, 9.17) is 10.2 Å². The van der Waals surface area contributed by atoms with Crippen molar-refractivity contribution in [3.05, 3.63) is 11.3 Å². The summed E-state index contributed by atoms with van der Waals surface area (Å²) in [6.07, 6.45) is -0.733. The van der Waals surface area contributed by atoms with Gasteiger partial charge in [0.2, 0.25) is 0 Å². The minimum atomic E-state index is -1.05. The Hall–Kier alpha value is -1.16. The highest BCUT2D eigenvalue weighted by Crippen LogP contribution is 2.20. The Labute approximate surface area is 69.5 Å². The van der Waals surface area contributed by atoms with Gasteiger partial charge in [0.1, 0.15) is 17.4 Å². The SMILES string of the molecule is CC(=O)C1=C(O)C(O)CCC1=O. The summed E-state index contributed by atoms with van der Waals surface area (Å²) < 4.78 is 0. The van der Waals surface area contributed by atoms with E-state index < -0.39 is 17.6 Å². The van der Waals surface area contributed by atoms with Gasteiger partial charge in [0.25, 0.3) is 0 Å². The summed E-state index contributed by atoms with van der Waals surface area (Å²) in [4.78, 5) is 21.9. The third kappa shape index (κ3) is 1.38. The van der Waals surface area contributed by atoms with Crippen LogP contribution in [0.15, 0.2) is 11.3 Å². The maximum absolute atomic E-state index is 11.0. The van der Waals surface area contributed by atoms with Gasteiger partial charge in [-0.3, -0.25) is 9.59 Å². The van der Waals surface area contributed by atoms with Gasteiger partial charge >= 0.3 is 0 Å². The highest BCUT2D eigenvalue weighted by atomic mass is 16.3. The van der Waals surface area contributed by atoms with E-state index in [9.17, 15) is 9.59 Å². The van der Waals surface area contributed by atoms with Gasteiger partial charge in [-0.15, -0.1) is 0 Å². The summed E-state index contributed by atoms with van der Waals surface area (Å²) in [6, 6.07) is 0. The summed E-state index contributed by atoms with van der Waals surface area (Å²) in [5.74, 6) is -1.35. The van der Waals surface area contributed by atoms with Crippen molar-refractivity contribution in [2.75, 3.05) is 0 Å². The molecule has 0 radical (unpaired) electrons. The minimum Gasteiger partial charge on any atom is -0.509 e. The van der Waals surface area contributed by atoms with Crippen LogP contribution in [0.25, 0.3) is 0 Å². The average Bonchev–Trinajstić information content (AvgIpc) is 1.97. The molecular formula is C8H10O4. The molecule has 4 nitrogen and oxygen atoms in total. The van der Waals surface area contributed by atoms with Crippen LogP contribution in [0.3, 0.4) is 0 Å². The molecule has 0 aliphatic heterocycles. The summed E-state index contributed by atoms with van der Waals surface area (Å²) in [5, 5.41) is 18.3. The van der Waals surface area contributed by atoms with Crippen molar-refractivity contribution in [2.24, 2.45) is 0 Å². The fourth-order valence-corrected chi connectivity index (χ4v) is 1.22. The predicted octanol–water partition coefficient (Wildman–Crippen LogP) is 0.111. The van der Waals surface area contributed by atoms with Crippen molar-refractivity contribution in [3.63, 3.8) is 0 Å². The molecule has 1 aliphatic carbocycles. The maximum atomic E-state index is 11.0. The lowest BCUT2D eigenvalue weighted by molar-refractivity contribution is -0.122. The van der Waals surface area contributed by atoms with Crippen LogP contribution >= 0.6 is 0 Å². The zero-order valence-electron chi connectivity index (χ0n) is 6.70. The molecule has 1 rings (SSSR count). The van der Waals surface area contributed by atoms with E-state index in [1.807, 2.05) is 0 Å². The lowest BCUT2D eigenvalue weighted by atomic mass is 9.92. The number of carbonyl (C=O) groups is 2. The normalized spacial score (nSPS) is 24.5. The van der Waals surface area contributed by atoms with E-state index in [0.717, 1.165) is 0 Å². The molecule has 0 saturated carbocycles. The van der Waals surface area contributed by atoms with Crippen LogP contribution in [0.4, 0.5) is 0 Å². The first kappa shape index (κ1) is 8.93. The van der Waals surface area contributed by atoms with Crippen LogP contribution in [0.2, 0.25) is 0 Å². The fourth-order valence-electron chi connectivity index (χ4n) is 1.22. The van der Waals surface area contributed by atoms with E-state index in [-0.39, 0.29) is 24.2 Å². The van der Waals surface area contributed by atoms with Crippen LogP contribution < -0.4 is 0 Å². The molecule has 1 unspecified atom stereocenters. The van der Waals surface area contributed by atoms with Gasteiger partial charge in [0.05, 0.1) is 0 Å². The van der Waals surface area contributed by atoms with Crippen LogP contribution in [0.1, 0.15) is 19.8 Å². The van der Waals surface area contributed by atoms with Crippen LogP contribution in [0, 0.1) is 0 Å². The lowest BCUT2D eigenvalue weighted by Gasteiger charge is -2.17. The molecule has 0 bridgehead atoms. The molecular weight excluding hydrogens is 160 g/mol. The second kappa shape index (κ2) is 3.06. The van der Waals surface area contributed by atoms with Gasteiger partial charge in [0, 0.05) is 6.42 Å². The monoisotopic (exact) mass is 170 g/mol. The molecule has 0 saturated heterocycles. The summed E-state index contributed by atoms with van der Waals surface area (Å²) in [7, 11) is 0. The number of rotatable bonds is 1. The molecule has 0 heterocycles. The zero-order chi connectivity index (χ0) is 9.30. The molecule has 0 aromatic carbocycles. The fraction of sp³-hybridized carbons (Fsp3) is 0.500. The molecule has 1 aliphatic rings. The van der Waals surface area contributed by atoms with Crippen molar-refractivity contribution < 1.29 is 19.8 Å². The number of aliphatic hydroxyl groups excluding tert-OH is 2. The largest absolute Gasteiger partial charge is 0.509 e. The van der Waals surface area contributed by atoms with E-state index in [2.05, 4.69) is 0 Å². The Kier molecular flexibility index (Phi) is 2.28. The molecule has 0 amide bonds. The first-order chi connectivity index (χ1) is 5.54. The molecule has 0 spiro atoms.